The van der Waals surface area contributed by atoms with Gasteiger partial charge in [-0.3, -0.25) is 10.0 Å². The number of rotatable bonds is 12. The molecule has 0 radical (unpaired) electrons. The van der Waals surface area contributed by atoms with Crippen LogP contribution in [-0.2, 0) is 11.2 Å². The van der Waals surface area contributed by atoms with Gasteiger partial charge in [-0.2, -0.15) is 0 Å². The van der Waals surface area contributed by atoms with E-state index in [1.165, 1.54) is 0 Å². The summed E-state index contributed by atoms with van der Waals surface area (Å²) in [5, 5.41) is 18.4. The lowest BCUT2D eigenvalue weighted by atomic mass is 10.0. The van der Waals surface area contributed by atoms with E-state index in [4.69, 9.17) is 13.9 Å². The lowest BCUT2D eigenvalue weighted by Crippen LogP contribution is -2.24. The monoisotopic (exact) mass is 377 g/mol. The first-order valence-electron chi connectivity index (χ1n) is 9.05. The first-order valence-corrected chi connectivity index (χ1v) is 9.05. The quantitative estimate of drug-likeness (QED) is 0.262. The minimum atomic E-state index is -0.196. The van der Waals surface area contributed by atoms with E-state index in [1.807, 2.05) is 18.2 Å². The van der Waals surface area contributed by atoms with Crippen molar-refractivity contribution in [3.05, 3.63) is 35.5 Å². The van der Waals surface area contributed by atoms with Gasteiger partial charge in [0.15, 0.2) is 11.5 Å². The maximum Gasteiger partial charge on any atom is 0.233 e. The fourth-order valence-electron chi connectivity index (χ4n) is 2.87. The number of amides is 1. The molecule has 0 aliphatic rings. The normalized spacial score (nSPS) is 11.9. The molecule has 0 saturated carbocycles. The van der Waals surface area contributed by atoms with E-state index in [0.29, 0.717) is 41.2 Å². The molecule has 1 N–H and O–H groups in total. The number of unbranched alkanes of at least 4 members (excludes halogenated alkanes) is 2. The van der Waals surface area contributed by atoms with E-state index >= 15 is 0 Å². The number of hydrogen-bond acceptors (Lipinski definition) is 7. The number of carbonyl (C=O) groups is 1. The molecule has 1 aromatic heterocycles. The Morgan fingerprint density at radius 2 is 2.00 bits per heavy atom. The molecule has 0 aliphatic heterocycles. The summed E-state index contributed by atoms with van der Waals surface area (Å²) in [6.07, 6.45) is 4.70. The highest BCUT2D eigenvalue weighted by molar-refractivity contribution is 5.45. The van der Waals surface area contributed by atoms with Crippen LogP contribution < -0.4 is 9.47 Å². The zero-order chi connectivity index (χ0) is 19.6. The predicted molar refractivity (Wildman–Crippen MR) is 98.1 cm³/mol. The number of hydrogen-bond donors (Lipinski definition) is 1. The third-order valence-corrected chi connectivity index (χ3v) is 4.32. The number of hydroxylamine groups is 2. The van der Waals surface area contributed by atoms with Crippen LogP contribution in [0.4, 0.5) is 0 Å². The van der Waals surface area contributed by atoms with Gasteiger partial charge in [0.1, 0.15) is 0 Å². The summed E-state index contributed by atoms with van der Waals surface area (Å²) in [5.74, 6) is 1.99. The van der Waals surface area contributed by atoms with E-state index in [0.717, 1.165) is 31.2 Å². The fourth-order valence-corrected chi connectivity index (χ4v) is 2.87. The van der Waals surface area contributed by atoms with Crippen molar-refractivity contribution in [2.75, 3.05) is 20.8 Å². The highest BCUT2D eigenvalue weighted by atomic mass is 16.5. The summed E-state index contributed by atoms with van der Waals surface area (Å²) >= 11 is 0. The van der Waals surface area contributed by atoms with E-state index in [9.17, 15) is 10.0 Å². The van der Waals surface area contributed by atoms with Crippen molar-refractivity contribution in [2.45, 2.75) is 44.9 Å². The second kappa shape index (κ2) is 10.5. The smallest absolute Gasteiger partial charge is 0.233 e. The molecule has 8 heteroatoms. The highest BCUT2D eigenvalue weighted by Crippen LogP contribution is 2.29. The Balaban J connectivity index is 2.11. The third kappa shape index (κ3) is 5.96. The summed E-state index contributed by atoms with van der Waals surface area (Å²) in [7, 11) is 3.17. The number of benzene rings is 1. The molecular weight excluding hydrogens is 350 g/mol. The molecule has 0 spiro atoms. The summed E-state index contributed by atoms with van der Waals surface area (Å²) in [6, 6.07) is 5.60. The number of methoxy groups -OCH3 is 2. The molecule has 1 amide bonds. The molecule has 1 heterocycles. The first kappa shape index (κ1) is 20.7. The van der Waals surface area contributed by atoms with Gasteiger partial charge in [0.2, 0.25) is 18.2 Å². The minimum Gasteiger partial charge on any atom is -0.493 e. The fraction of sp³-hybridized carbons (Fsp3) is 0.526. The molecule has 1 atom stereocenters. The van der Waals surface area contributed by atoms with Gasteiger partial charge in [0, 0.05) is 0 Å². The Hall–Kier alpha value is -2.61. The van der Waals surface area contributed by atoms with Crippen LogP contribution in [0.15, 0.2) is 22.6 Å². The first-order chi connectivity index (χ1) is 13.1. The van der Waals surface area contributed by atoms with Gasteiger partial charge in [-0.25, -0.2) is 5.06 Å². The van der Waals surface area contributed by atoms with Crippen molar-refractivity contribution in [3.8, 4) is 11.5 Å². The number of nitrogens with zero attached hydrogens (tertiary/aromatic N) is 3. The van der Waals surface area contributed by atoms with Gasteiger partial charge in [-0.05, 0) is 24.1 Å². The Morgan fingerprint density at radius 3 is 2.67 bits per heavy atom. The second-order valence-electron chi connectivity index (χ2n) is 6.32. The molecule has 0 saturated heterocycles. The van der Waals surface area contributed by atoms with Crippen molar-refractivity contribution in [3.63, 3.8) is 0 Å². The van der Waals surface area contributed by atoms with Crippen LogP contribution in [0, 0.1) is 0 Å². The minimum absolute atomic E-state index is 0.130. The van der Waals surface area contributed by atoms with Crippen molar-refractivity contribution < 1.29 is 23.9 Å². The Bertz CT molecular complexity index is 719. The summed E-state index contributed by atoms with van der Waals surface area (Å²) in [5.41, 5.74) is 0.946. The second-order valence-corrected chi connectivity index (χ2v) is 6.32. The molecule has 2 aromatic rings. The van der Waals surface area contributed by atoms with Gasteiger partial charge in [0.25, 0.3) is 0 Å². The van der Waals surface area contributed by atoms with Crippen molar-refractivity contribution >= 4 is 6.41 Å². The van der Waals surface area contributed by atoms with Gasteiger partial charge in [-0.15, -0.1) is 10.2 Å². The van der Waals surface area contributed by atoms with Crippen molar-refractivity contribution in [1.29, 1.82) is 0 Å². The molecule has 0 bridgehead atoms. The molecule has 0 unspecified atom stereocenters. The van der Waals surface area contributed by atoms with Gasteiger partial charge < -0.3 is 13.9 Å². The maximum absolute atomic E-state index is 10.7. The summed E-state index contributed by atoms with van der Waals surface area (Å²) in [4.78, 5) is 10.7. The number of aromatic nitrogens is 2. The SMILES string of the molecule is CCCCC[C@H](CN(O)C=O)c1nnc(Cc2ccc(OC)c(OC)c2)o1. The standard InChI is InChI=1S/C19H27N3O5/c1-4-5-6-7-15(12-22(24)13-23)19-21-20-18(27-19)11-14-8-9-16(25-2)17(10-14)26-3/h8-10,13,15,24H,4-7,11-12H2,1-3H3/t15-/m1/s1. The lowest BCUT2D eigenvalue weighted by molar-refractivity contribution is -0.151. The zero-order valence-corrected chi connectivity index (χ0v) is 16.1. The Labute approximate surface area is 159 Å². The van der Waals surface area contributed by atoms with E-state index in [-0.39, 0.29) is 12.5 Å². The van der Waals surface area contributed by atoms with Crippen LogP contribution in [0.5, 0.6) is 11.5 Å². The van der Waals surface area contributed by atoms with Crippen LogP contribution in [0.2, 0.25) is 0 Å². The van der Waals surface area contributed by atoms with Gasteiger partial charge in [0.05, 0.1) is 33.1 Å². The molecule has 8 nitrogen and oxygen atoms in total. The molecule has 148 valence electrons. The van der Waals surface area contributed by atoms with E-state index < -0.39 is 0 Å². The lowest BCUT2D eigenvalue weighted by Gasteiger charge is -2.16. The average Bonchev–Trinajstić information content (AvgIpc) is 3.15. The number of ether oxygens (including phenoxy) is 2. The molecule has 0 aliphatic carbocycles. The molecule has 0 fully saturated rings. The molecule has 27 heavy (non-hydrogen) atoms. The highest BCUT2D eigenvalue weighted by Gasteiger charge is 2.21. The third-order valence-electron chi connectivity index (χ3n) is 4.32. The van der Waals surface area contributed by atoms with Crippen LogP contribution in [-0.4, -0.2) is 47.6 Å². The Kier molecular flexibility index (Phi) is 8.06. The zero-order valence-electron chi connectivity index (χ0n) is 16.1. The largest absolute Gasteiger partial charge is 0.493 e. The topological polar surface area (TPSA) is 97.9 Å². The molecule has 2 rings (SSSR count). The molecule has 1 aromatic carbocycles. The van der Waals surface area contributed by atoms with Gasteiger partial charge in [-0.1, -0.05) is 32.3 Å². The van der Waals surface area contributed by atoms with E-state index in [2.05, 4.69) is 17.1 Å². The van der Waals surface area contributed by atoms with E-state index in [1.54, 1.807) is 14.2 Å². The Morgan fingerprint density at radius 1 is 1.22 bits per heavy atom. The predicted octanol–water partition coefficient (Wildman–Crippen LogP) is 3.19. The van der Waals surface area contributed by atoms with Crippen LogP contribution in [0.1, 0.15) is 55.9 Å². The van der Waals surface area contributed by atoms with Crippen molar-refractivity contribution in [1.82, 2.24) is 15.3 Å². The van der Waals surface area contributed by atoms with Crippen LogP contribution in [0.25, 0.3) is 0 Å². The summed E-state index contributed by atoms with van der Waals surface area (Å²) < 4.78 is 16.4. The average molecular weight is 377 g/mol. The number of carbonyl (C=O) groups excluding carboxylic acids is 1. The van der Waals surface area contributed by atoms with Crippen molar-refractivity contribution in [2.24, 2.45) is 0 Å². The molecular formula is C19H27N3O5. The van der Waals surface area contributed by atoms with Crippen LogP contribution in [0.3, 0.4) is 0 Å². The van der Waals surface area contributed by atoms with Crippen LogP contribution >= 0.6 is 0 Å². The van der Waals surface area contributed by atoms with Gasteiger partial charge >= 0.3 is 0 Å². The summed E-state index contributed by atoms with van der Waals surface area (Å²) in [6.45, 7) is 2.25. The maximum atomic E-state index is 10.7.